The third kappa shape index (κ3) is 3.36. The zero-order chi connectivity index (χ0) is 20.6. The Morgan fingerprint density at radius 2 is 2.18 bits per heavy atom. The van der Waals surface area contributed by atoms with Crippen molar-refractivity contribution < 1.29 is 23.9 Å². The fourth-order valence-electron chi connectivity index (χ4n) is 3.09. The normalized spacial score (nSPS) is 25.7. The van der Waals surface area contributed by atoms with E-state index in [0.29, 0.717) is 17.8 Å². The average Bonchev–Trinajstić information content (AvgIpc) is 3.16. The predicted molar refractivity (Wildman–Crippen MR) is 94.8 cm³/mol. The Morgan fingerprint density at radius 1 is 1.46 bits per heavy atom. The number of aromatic nitrogens is 1. The van der Waals surface area contributed by atoms with Crippen LogP contribution >= 0.6 is 11.3 Å². The molecule has 0 aromatic carbocycles. The number of hydrazine groups is 1. The number of hydrogen-bond donors (Lipinski definition) is 3. The average molecular weight is 413 g/mol. The second-order valence-corrected chi connectivity index (χ2v) is 7.09. The van der Waals surface area contributed by atoms with Crippen LogP contribution in [0.25, 0.3) is 0 Å². The fraction of sp³-hybridized carbons (Fsp3) is 0.571. The van der Waals surface area contributed by atoms with Crippen LogP contribution in [0.2, 0.25) is 0 Å². The summed E-state index contributed by atoms with van der Waals surface area (Å²) in [6.07, 6.45) is -3.39. The van der Waals surface area contributed by atoms with Crippen LogP contribution in [-0.4, -0.2) is 45.7 Å². The molecule has 4 atom stereocenters. The summed E-state index contributed by atoms with van der Waals surface area (Å²) < 4.78 is 12.0. The molecule has 1 aromatic heterocycles. The van der Waals surface area contributed by atoms with Crippen molar-refractivity contribution in [3.63, 3.8) is 0 Å². The lowest BCUT2D eigenvalue weighted by atomic mass is 10.1. The Balaban J connectivity index is 1.94. The third-order valence-electron chi connectivity index (χ3n) is 4.33. The van der Waals surface area contributed by atoms with Crippen molar-refractivity contribution in [3.05, 3.63) is 14.5 Å². The first-order chi connectivity index (χ1) is 13.3. The number of hydrogen-bond acceptors (Lipinski definition) is 11. The highest BCUT2D eigenvalue weighted by atomic mass is 32.1. The second-order valence-electron chi connectivity index (χ2n) is 6.13. The Morgan fingerprint density at radius 3 is 2.79 bits per heavy atom. The molecule has 1 fully saturated rings. The van der Waals surface area contributed by atoms with Crippen LogP contribution in [-0.2, 0) is 19.1 Å². The lowest BCUT2D eigenvalue weighted by Gasteiger charge is -2.30. The van der Waals surface area contributed by atoms with E-state index < -0.39 is 41.5 Å². The largest absolute Gasteiger partial charge is 0.460 e. The number of fused-ring (bicyclic) bond motifs is 1. The van der Waals surface area contributed by atoms with Gasteiger partial charge in [0.25, 0.3) is 5.91 Å². The van der Waals surface area contributed by atoms with Crippen LogP contribution in [0.3, 0.4) is 0 Å². The highest BCUT2D eigenvalue weighted by Gasteiger charge is 2.44. The number of Topliss-reactive ketones (excluding diaryl/α,β-unsaturated/α-hetero) is 1. The van der Waals surface area contributed by atoms with Crippen LogP contribution in [0, 0.1) is 0 Å². The van der Waals surface area contributed by atoms with E-state index in [1.54, 1.807) is 6.92 Å². The van der Waals surface area contributed by atoms with E-state index in [0.717, 1.165) is 9.58 Å². The quantitative estimate of drug-likeness (QED) is 0.187. The van der Waals surface area contributed by atoms with Crippen LogP contribution in [0.1, 0.15) is 42.6 Å². The van der Waals surface area contributed by atoms with Gasteiger partial charge in [0.15, 0.2) is 12.0 Å². The van der Waals surface area contributed by atoms with Gasteiger partial charge in [-0.3, -0.25) is 23.7 Å². The molecule has 2 aliphatic rings. The van der Waals surface area contributed by atoms with Crippen LogP contribution in [0.5, 0.6) is 0 Å². The number of nitrogens with zero attached hydrogens (tertiary/aromatic N) is 4. The molecule has 3 heterocycles. The number of anilines is 1. The van der Waals surface area contributed by atoms with Crippen LogP contribution in [0.4, 0.5) is 5.82 Å². The van der Waals surface area contributed by atoms with Gasteiger partial charge in [0.05, 0.1) is 0 Å². The highest BCUT2D eigenvalue weighted by Crippen LogP contribution is 2.35. The summed E-state index contributed by atoms with van der Waals surface area (Å²) in [5.41, 5.74) is 0. The number of ether oxygens (including phenoxy) is 2. The summed E-state index contributed by atoms with van der Waals surface area (Å²) in [6.45, 7) is 3.04. The molecule has 0 aliphatic carbocycles. The second kappa shape index (κ2) is 7.65. The minimum absolute atomic E-state index is 0.00264. The molecule has 2 aliphatic heterocycles. The maximum Gasteiger partial charge on any atom is 0.312 e. The summed E-state index contributed by atoms with van der Waals surface area (Å²) in [7, 11) is 0. The number of nitrogens with one attached hydrogen (secondary N) is 1. The molecule has 1 saturated heterocycles. The topological polar surface area (TPSA) is 184 Å². The SMILES string of the molecule is CCC(OC(C)=O)[C@@H]1CC(=O)[C@H](n2c3c(sc2=O)C(=O)N(N)C(N=NN)N3)O1. The Labute approximate surface area is 162 Å². The molecule has 2 unspecified atom stereocenters. The molecule has 28 heavy (non-hydrogen) atoms. The number of carbonyl (C=O) groups is 3. The molecule has 0 saturated carbocycles. The minimum Gasteiger partial charge on any atom is -0.460 e. The van der Waals surface area contributed by atoms with Crippen molar-refractivity contribution in [2.45, 2.75) is 51.4 Å². The number of esters is 1. The summed E-state index contributed by atoms with van der Waals surface area (Å²) in [5.74, 6) is 9.14. The van der Waals surface area contributed by atoms with Crippen molar-refractivity contribution in [1.29, 1.82) is 0 Å². The van der Waals surface area contributed by atoms with Crippen molar-refractivity contribution in [1.82, 2.24) is 9.58 Å². The number of nitrogens with two attached hydrogens (primary N) is 2. The van der Waals surface area contributed by atoms with E-state index >= 15 is 0 Å². The lowest BCUT2D eigenvalue weighted by Crippen LogP contribution is -2.52. The van der Waals surface area contributed by atoms with Gasteiger partial charge in [-0.15, -0.1) is 5.11 Å². The zero-order valence-electron chi connectivity index (χ0n) is 15.0. The Kier molecular flexibility index (Phi) is 5.44. The summed E-state index contributed by atoms with van der Waals surface area (Å²) >= 11 is 0.616. The summed E-state index contributed by atoms with van der Waals surface area (Å²) in [5, 5.41) is 10.2. The van der Waals surface area contributed by atoms with E-state index in [4.69, 9.17) is 21.2 Å². The molecule has 1 aromatic rings. The standard InChI is InChI=1S/C14H19N7O6S/c1-3-7(26-5(2)22)8-4-6(23)12(27-8)20-10-9(28-14(20)25)11(24)21(16)13(17-10)18-19-15/h7-8,12-13,17H,3-4,16H2,1-2H3,(H2,15,18)/t7?,8-,12+,13?/m0/s1. The lowest BCUT2D eigenvalue weighted by molar-refractivity contribution is -0.156. The van der Waals surface area contributed by atoms with Gasteiger partial charge in [-0.25, -0.2) is 10.9 Å². The first kappa shape index (κ1) is 19.9. The monoisotopic (exact) mass is 413 g/mol. The van der Waals surface area contributed by atoms with Gasteiger partial charge < -0.3 is 20.6 Å². The first-order valence-electron chi connectivity index (χ1n) is 8.34. The number of ketones is 1. The number of thiazole rings is 1. The smallest absolute Gasteiger partial charge is 0.312 e. The van der Waals surface area contributed by atoms with E-state index in [9.17, 15) is 19.2 Å². The number of carbonyl (C=O) groups excluding carboxylic acids is 3. The molecule has 3 rings (SSSR count). The van der Waals surface area contributed by atoms with Crippen LogP contribution in [0.15, 0.2) is 15.1 Å². The summed E-state index contributed by atoms with van der Waals surface area (Å²) in [4.78, 5) is 48.1. The molecule has 0 spiro atoms. The molecular weight excluding hydrogens is 394 g/mol. The molecule has 14 heteroatoms. The van der Waals surface area contributed by atoms with Gasteiger partial charge in [-0.2, -0.15) is 0 Å². The van der Waals surface area contributed by atoms with E-state index in [-0.39, 0.29) is 22.9 Å². The van der Waals surface area contributed by atoms with Gasteiger partial charge in [0, 0.05) is 13.3 Å². The van der Waals surface area contributed by atoms with E-state index in [1.165, 1.54) is 6.92 Å². The van der Waals surface area contributed by atoms with Gasteiger partial charge >= 0.3 is 10.8 Å². The molecule has 1 amide bonds. The molecule has 0 bridgehead atoms. The van der Waals surface area contributed by atoms with Crippen molar-refractivity contribution in [2.75, 3.05) is 5.32 Å². The maximum atomic E-state index is 12.6. The minimum atomic E-state index is -1.28. The molecule has 152 valence electrons. The molecule has 13 nitrogen and oxygen atoms in total. The van der Waals surface area contributed by atoms with Gasteiger partial charge in [0.2, 0.25) is 6.29 Å². The summed E-state index contributed by atoms with van der Waals surface area (Å²) in [6, 6.07) is 0. The van der Waals surface area contributed by atoms with E-state index in [2.05, 4.69) is 15.7 Å². The van der Waals surface area contributed by atoms with Crippen molar-refractivity contribution >= 4 is 34.8 Å². The molecule has 5 N–H and O–H groups in total. The first-order valence-corrected chi connectivity index (χ1v) is 9.15. The highest BCUT2D eigenvalue weighted by molar-refractivity contribution is 7.12. The van der Waals surface area contributed by atoms with Gasteiger partial charge in [-0.1, -0.05) is 23.5 Å². The zero-order valence-corrected chi connectivity index (χ0v) is 15.8. The van der Waals surface area contributed by atoms with Crippen LogP contribution < -0.4 is 21.9 Å². The fourth-order valence-corrected chi connectivity index (χ4v) is 4.00. The van der Waals surface area contributed by atoms with Crippen molar-refractivity contribution in [3.8, 4) is 0 Å². The van der Waals surface area contributed by atoms with E-state index in [1.807, 2.05) is 0 Å². The number of amides is 1. The third-order valence-corrected chi connectivity index (χ3v) is 5.27. The van der Waals surface area contributed by atoms with Gasteiger partial charge in [0.1, 0.15) is 22.9 Å². The van der Waals surface area contributed by atoms with Gasteiger partial charge in [-0.05, 0) is 6.42 Å². The van der Waals surface area contributed by atoms with Crippen molar-refractivity contribution in [2.24, 2.45) is 22.0 Å². The predicted octanol–water partition coefficient (Wildman–Crippen LogP) is -0.541. The maximum absolute atomic E-state index is 12.6. The molecular formula is C14H19N7O6S. The molecule has 0 radical (unpaired) electrons. The number of rotatable bonds is 5. The Bertz CT molecular complexity index is 895. The Hall–Kier alpha value is -2.84.